The van der Waals surface area contributed by atoms with Gasteiger partial charge < -0.3 is 10.1 Å². The third kappa shape index (κ3) is 3.96. The highest BCUT2D eigenvalue weighted by molar-refractivity contribution is 14.1. The molecule has 0 atom stereocenters. The first-order valence-corrected chi connectivity index (χ1v) is 8.02. The first-order chi connectivity index (χ1) is 10.2. The lowest BCUT2D eigenvalue weighted by molar-refractivity contribution is 0.480. The summed E-state index contributed by atoms with van der Waals surface area (Å²) < 4.78 is 6.96. The van der Waals surface area contributed by atoms with Crippen molar-refractivity contribution in [1.29, 1.82) is 5.26 Å². The largest absolute Gasteiger partial charge is 0.456 e. The van der Waals surface area contributed by atoms with Crippen LogP contribution in [0.15, 0.2) is 42.5 Å². The van der Waals surface area contributed by atoms with E-state index in [1.54, 1.807) is 0 Å². The molecular weight excluding hydrogens is 375 g/mol. The Morgan fingerprint density at radius 1 is 1.19 bits per heavy atom. The zero-order valence-electron chi connectivity index (χ0n) is 11.5. The van der Waals surface area contributed by atoms with Crippen LogP contribution in [0.5, 0.6) is 11.5 Å². The maximum Gasteiger partial charge on any atom is 0.145 e. The monoisotopic (exact) mass is 390 g/mol. The summed E-state index contributed by atoms with van der Waals surface area (Å²) in [5.41, 5.74) is 1.69. The number of hydrogen-bond acceptors (Lipinski definition) is 3. The van der Waals surface area contributed by atoms with E-state index in [2.05, 4.69) is 34.0 Å². The summed E-state index contributed by atoms with van der Waals surface area (Å²) in [5, 5.41) is 12.8. The number of benzene rings is 2. The summed E-state index contributed by atoms with van der Waals surface area (Å²) in [6.45, 7) is 0.809. The van der Waals surface area contributed by atoms with Crippen molar-refractivity contribution in [3.63, 3.8) is 0 Å². The van der Waals surface area contributed by atoms with Gasteiger partial charge in [-0.15, -0.1) is 0 Å². The summed E-state index contributed by atoms with van der Waals surface area (Å²) in [5.74, 6) is 1.35. The Balaban J connectivity index is 1.74. The number of nitrogens with zero attached hydrogens (tertiary/aromatic N) is 1. The summed E-state index contributed by atoms with van der Waals surface area (Å²) >= 11 is 2.25. The minimum absolute atomic E-state index is 0.573. The van der Waals surface area contributed by atoms with E-state index >= 15 is 0 Å². The van der Waals surface area contributed by atoms with Crippen LogP contribution >= 0.6 is 22.6 Å². The molecule has 1 aliphatic carbocycles. The van der Waals surface area contributed by atoms with Crippen molar-refractivity contribution in [1.82, 2.24) is 5.32 Å². The Labute approximate surface area is 138 Å². The Morgan fingerprint density at radius 3 is 2.62 bits per heavy atom. The van der Waals surface area contributed by atoms with Crippen LogP contribution < -0.4 is 10.1 Å². The van der Waals surface area contributed by atoms with Gasteiger partial charge in [-0.2, -0.15) is 5.26 Å². The number of halogens is 1. The van der Waals surface area contributed by atoms with Gasteiger partial charge in [0.25, 0.3) is 0 Å². The topological polar surface area (TPSA) is 45.0 Å². The highest BCUT2D eigenvalue weighted by Crippen LogP contribution is 2.27. The molecule has 3 rings (SSSR count). The van der Waals surface area contributed by atoms with Crippen LogP contribution in [-0.4, -0.2) is 6.04 Å². The Bertz CT molecular complexity index is 672. The molecule has 2 aromatic carbocycles. The first-order valence-electron chi connectivity index (χ1n) is 6.94. The number of ether oxygens (including phenoxy) is 1. The predicted octanol–water partition coefficient (Wildman–Crippen LogP) is 4.21. The van der Waals surface area contributed by atoms with Gasteiger partial charge in [-0.1, -0.05) is 6.07 Å². The van der Waals surface area contributed by atoms with Crippen LogP contribution in [-0.2, 0) is 6.54 Å². The summed E-state index contributed by atoms with van der Waals surface area (Å²) in [6.07, 6.45) is 2.53. The van der Waals surface area contributed by atoms with Crippen LogP contribution in [0.4, 0.5) is 0 Å². The SMILES string of the molecule is N#Cc1cc(CNC2CC2)ccc1Oc1ccc(I)cc1. The summed E-state index contributed by atoms with van der Waals surface area (Å²) in [7, 11) is 0. The van der Waals surface area contributed by atoms with E-state index in [-0.39, 0.29) is 0 Å². The second-order valence-corrected chi connectivity index (χ2v) is 6.40. The highest BCUT2D eigenvalue weighted by Gasteiger charge is 2.20. The maximum atomic E-state index is 9.30. The Hall–Kier alpha value is -1.58. The van der Waals surface area contributed by atoms with Crippen molar-refractivity contribution in [3.8, 4) is 17.6 Å². The molecule has 1 N–H and O–H groups in total. The lowest BCUT2D eigenvalue weighted by atomic mass is 10.1. The van der Waals surface area contributed by atoms with Gasteiger partial charge in [-0.05, 0) is 77.4 Å². The quantitative estimate of drug-likeness (QED) is 0.779. The van der Waals surface area contributed by atoms with Gasteiger partial charge in [0.1, 0.15) is 17.6 Å². The third-order valence-corrected chi connectivity index (χ3v) is 4.10. The van der Waals surface area contributed by atoms with Crippen LogP contribution in [0.3, 0.4) is 0 Å². The summed E-state index contributed by atoms with van der Waals surface area (Å²) in [4.78, 5) is 0. The minimum atomic E-state index is 0.573. The van der Waals surface area contributed by atoms with Crippen LogP contribution in [0, 0.1) is 14.9 Å². The molecule has 1 aliphatic rings. The molecule has 2 aromatic rings. The number of nitrogens with one attached hydrogen (secondary N) is 1. The maximum absolute atomic E-state index is 9.30. The molecule has 0 saturated heterocycles. The number of nitriles is 1. The fraction of sp³-hybridized carbons (Fsp3) is 0.235. The fourth-order valence-corrected chi connectivity index (χ4v) is 2.40. The van der Waals surface area contributed by atoms with Crippen molar-refractivity contribution in [2.75, 3.05) is 0 Å². The van der Waals surface area contributed by atoms with Crippen molar-refractivity contribution >= 4 is 22.6 Å². The van der Waals surface area contributed by atoms with Gasteiger partial charge in [0.05, 0.1) is 5.56 Å². The molecule has 3 nitrogen and oxygen atoms in total. The van der Waals surface area contributed by atoms with Crippen molar-refractivity contribution in [2.45, 2.75) is 25.4 Å². The third-order valence-electron chi connectivity index (χ3n) is 3.38. The predicted molar refractivity (Wildman–Crippen MR) is 90.3 cm³/mol. The highest BCUT2D eigenvalue weighted by atomic mass is 127. The zero-order chi connectivity index (χ0) is 14.7. The molecule has 0 aromatic heterocycles. The van der Waals surface area contributed by atoms with Gasteiger partial charge >= 0.3 is 0 Å². The average Bonchev–Trinajstić information content (AvgIpc) is 3.33. The summed E-state index contributed by atoms with van der Waals surface area (Å²) in [6, 6.07) is 16.4. The lowest BCUT2D eigenvalue weighted by Crippen LogP contribution is -2.15. The Kier molecular flexibility index (Phi) is 4.42. The normalized spacial score (nSPS) is 13.7. The standard InChI is InChI=1S/C17H15IN2O/c18-14-2-6-16(7-3-14)21-17-8-1-12(9-13(17)10-19)11-20-15-4-5-15/h1-3,6-9,15,20H,4-5,11H2. The van der Waals surface area contributed by atoms with Gasteiger partial charge in [0.15, 0.2) is 0 Å². The molecular formula is C17H15IN2O. The Morgan fingerprint density at radius 2 is 1.95 bits per heavy atom. The molecule has 0 aliphatic heterocycles. The molecule has 0 amide bonds. The number of rotatable bonds is 5. The molecule has 0 unspecified atom stereocenters. The molecule has 1 saturated carbocycles. The van der Waals surface area contributed by atoms with Crippen molar-refractivity contribution in [3.05, 3.63) is 57.2 Å². The second kappa shape index (κ2) is 6.46. The van der Waals surface area contributed by atoms with Crippen LogP contribution in [0.1, 0.15) is 24.0 Å². The van der Waals surface area contributed by atoms with E-state index in [9.17, 15) is 5.26 Å². The average molecular weight is 390 g/mol. The van der Waals surface area contributed by atoms with Crippen molar-refractivity contribution < 1.29 is 4.74 Å². The molecule has 0 radical (unpaired) electrons. The van der Waals surface area contributed by atoms with E-state index in [1.807, 2.05) is 42.5 Å². The number of hydrogen-bond donors (Lipinski definition) is 1. The fourth-order valence-electron chi connectivity index (χ4n) is 2.04. The second-order valence-electron chi connectivity index (χ2n) is 5.15. The van der Waals surface area contributed by atoms with Crippen molar-refractivity contribution in [2.24, 2.45) is 0 Å². The molecule has 21 heavy (non-hydrogen) atoms. The van der Waals surface area contributed by atoms with Gasteiger partial charge in [-0.3, -0.25) is 0 Å². The van der Waals surface area contributed by atoms with Gasteiger partial charge in [-0.25, -0.2) is 0 Å². The van der Waals surface area contributed by atoms with Crippen LogP contribution in [0.25, 0.3) is 0 Å². The molecule has 1 fully saturated rings. The smallest absolute Gasteiger partial charge is 0.145 e. The minimum Gasteiger partial charge on any atom is -0.456 e. The molecule has 0 heterocycles. The molecule has 0 spiro atoms. The van der Waals surface area contributed by atoms with Gasteiger partial charge in [0, 0.05) is 16.2 Å². The van der Waals surface area contributed by atoms with E-state index < -0.39 is 0 Å². The zero-order valence-corrected chi connectivity index (χ0v) is 13.6. The van der Waals surface area contributed by atoms with E-state index in [4.69, 9.17) is 4.74 Å². The van der Waals surface area contributed by atoms with Gasteiger partial charge in [0.2, 0.25) is 0 Å². The molecule has 4 heteroatoms. The van der Waals surface area contributed by atoms with Crippen LogP contribution in [0.2, 0.25) is 0 Å². The van der Waals surface area contributed by atoms with E-state index in [0.717, 1.165) is 21.4 Å². The molecule has 106 valence electrons. The van der Waals surface area contributed by atoms with E-state index in [1.165, 1.54) is 12.8 Å². The first kappa shape index (κ1) is 14.4. The lowest BCUT2D eigenvalue weighted by Gasteiger charge is -2.09. The molecule has 0 bridgehead atoms. The van der Waals surface area contributed by atoms with E-state index in [0.29, 0.717) is 17.4 Å².